The van der Waals surface area contributed by atoms with Gasteiger partial charge >= 0.3 is 47.8 Å². The van der Waals surface area contributed by atoms with Gasteiger partial charge in [-0.25, -0.2) is 0 Å². The first kappa shape index (κ1) is 36.3. The maximum Gasteiger partial charge on any atom is 0.307 e. The quantitative estimate of drug-likeness (QED) is 0.184. The zero-order valence-electron chi connectivity index (χ0n) is 19.1. The van der Waals surface area contributed by atoms with Gasteiger partial charge in [0.2, 0.25) is 0 Å². The molecule has 0 aromatic heterocycles. The van der Waals surface area contributed by atoms with Crippen molar-refractivity contribution in [3.8, 4) is 0 Å². The van der Waals surface area contributed by atoms with Crippen molar-refractivity contribution in [3.05, 3.63) is 0 Å². The second-order valence-electron chi connectivity index (χ2n) is 7.04. The SMILES string of the molecule is O=C(O)C1CCCCC1C(=O)O.O=C(O)CCC(=O)O.O=C(O)CCC(=O)O.O=C(O)CCC(=O)O. The van der Waals surface area contributed by atoms with E-state index in [1.54, 1.807) is 0 Å². The molecular formula is C20H30O16. The fraction of sp³-hybridized carbons (Fsp3) is 0.600. The van der Waals surface area contributed by atoms with E-state index in [2.05, 4.69) is 0 Å². The van der Waals surface area contributed by atoms with Gasteiger partial charge in [0, 0.05) is 0 Å². The lowest BCUT2D eigenvalue weighted by atomic mass is 9.79. The first-order valence-corrected chi connectivity index (χ1v) is 10.3. The highest BCUT2D eigenvalue weighted by molar-refractivity contribution is 5.80. The van der Waals surface area contributed by atoms with Gasteiger partial charge in [-0.1, -0.05) is 12.8 Å². The monoisotopic (exact) mass is 526 g/mol. The third-order valence-corrected chi connectivity index (χ3v) is 4.06. The van der Waals surface area contributed by atoms with Crippen molar-refractivity contribution in [2.24, 2.45) is 11.8 Å². The van der Waals surface area contributed by atoms with E-state index in [0.717, 1.165) is 12.8 Å². The molecule has 0 saturated heterocycles. The molecule has 16 heteroatoms. The largest absolute Gasteiger partial charge is 0.481 e. The molecule has 16 nitrogen and oxygen atoms in total. The predicted octanol–water partition coefficient (Wildman–Crippen LogP) is 0.769. The molecule has 206 valence electrons. The number of carbonyl (C=O) groups is 8. The van der Waals surface area contributed by atoms with E-state index in [9.17, 15) is 38.4 Å². The molecule has 1 aliphatic carbocycles. The van der Waals surface area contributed by atoms with Crippen molar-refractivity contribution in [1.29, 1.82) is 0 Å². The summed E-state index contributed by atoms with van der Waals surface area (Å²) in [5.41, 5.74) is 0. The van der Waals surface area contributed by atoms with Crippen LogP contribution in [0.3, 0.4) is 0 Å². The van der Waals surface area contributed by atoms with E-state index < -0.39 is 59.6 Å². The molecule has 36 heavy (non-hydrogen) atoms. The molecule has 0 bridgehead atoms. The lowest BCUT2D eigenvalue weighted by Crippen LogP contribution is -2.32. The highest BCUT2D eigenvalue weighted by Gasteiger charge is 2.35. The van der Waals surface area contributed by atoms with Crippen LogP contribution >= 0.6 is 0 Å². The average molecular weight is 526 g/mol. The minimum absolute atomic E-state index is 0.296. The summed E-state index contributed by atoms with van der Waals surface area (Å²) >= 11 is 0. The molecule has 0 amide bonds. The Kier molecular flexibility index (Phi) is 21.5. The summed E-state index contributed by atoms with van der Waals surface area (Å²) in [7, 11) is 0. The molecule has 2 unspecified atom stereocenters. The molecule has 0 spiro atoms. The maximum absolute atomic E-state index is 10.6. The molecule has 1 rings (SSSR count). The first-order valence-electron chi connectivity index (χ1n) is 10.3. The van der Waals surface area contributed by atoms with Crippen molar-refractivity contribution in [2.45, 2.75) is 64.2 Å². The molecular weight excluding hydrogens is 496 g/mol. The minimum atomic E-state index is -1.08. The van der Waals surface area contributed by atoms with Crippen molar-refractivity contribution >= 4 is 47.8 Å². The van der Waals surface area contributed by atoms with Crippen molar-refractivity contribution in [3.63, 3.8) is 0 Å². The van der Waals surface area contributed by atoms with Crippen LogP contribution in [0.2, 0.25) is 0 Å². The van der Waals surface area contributed by atoms with Gasteiger partial charge in [0.05, 0.1) is 50.4 Å². The summed E-state index contributed by atoms with van der Waals surface area (Å²) in [5.74, 6) is -9.74. The van der Waals surface area contributed by atoms with Crippen LogP contribution in [0, 0.1) is 11.8 Å². The number of carboxylic acid groups (broad SMARTS) is 8. The number of hydrogen-bond acceptors (Lipinski definition) is 8. The average Bonchev–Trinajstić information content (AvgIpc) is 2.76. The van der Waals surface area contributed by atoms with Gasteiger partial charge in [0.25, 0.3) is 0 Å². The molecule has 0 heterocycles. The van der Waals surface area contributed by atoms with Gasteiger partial charge in [-0.05, 0) is 12.8 Å². The van der Waals surface area contributed by atoms with E-state index >= 15 is 0 Å². The van der Waals surface area contributed by atoms with Crippen LogP contribution in [-0.2, 0) is 38.4 Å². The van der Waals surface area contributed by atoms with Crippen LogP contribution in [-0.4, -0.2) is 88.6 Å². The van der Waals surface area contributed by atoms with Crippen LogP contribution in [0.1, 0.15) is 64.2 Å². The van der Waals surface area contributed by atoms with E-state index in [1.165, 1.54) is 0 Å². The Bertz CT molecular complexity index is 641. The summed E-state index contributed by atoms with van der Waals surface area (Å²) in [5, 5.41) is 64.8. The highest BCUT2D eigenvalue weighted by Crippen LogP contribution is 2.30. The Hall–Kier alpha value is -4.24. The van der Waals surface area contributed by atoms with Gasteiger partial charge in [0.1, 0.15) is 0 Å². The topological polar surface area (TPSA) is 298 Å². The molecule has 0 radical (unpaired) electrons. The van der Waals surface area contributed by atoms with Crippen LogP contribution < -0.4 is 0 Å². The maximum atomic E-state index is 10.6. The Labute approximate surface area is 203 Å². The smallest absolute Gasteiger partial charge is 0.307 e. The van der Waals surface area contributed by atoms with E-state index in [0.29, 0.717) is 12.8 Å². The Balaban J connectivity index is -0.000000412. The van der Waals surface area contributed by atoms with Crippen molar-refractivity contribution < 1.29 is 79.2 Å². The van der Waals surface area contributed by atoms with Gasteiger partial charge in [0.15, 0.2) is 0 Å². The predicted molar refractivity (Wildman–Crippen MR) is 114 cm³/mol. The zero-order chi connectivity index (χ0) is 28.8. The van der Waals surface area contributed by atoms with Gasteiger partial charge < -0.3 is 40.9 Å². The second-order valence-corrected chi connectivity index (χ2v) is 7.04. The van der Waals surface area contributed by atoms with E-state index in [4.69, 9.17) is 40.9 Å². The Morgan fingerprint density at radius 1 is 0.389 bits per heavy atom. The first-order chi connectivity index (χ1) is 16.5. The van der Waals surface area contributed by atoms with Crippen LogP contribution in [0.25, 0.3) is 0 Å². The van der Waals surface area contributed by atoms with Crippen molar-refractivity contribution in [2.75, 3.05) is 0 Å². The van der Waals surface area contributed by atoms with E-state index in [-0.39, 0.29) is 38.5 Å². The van der Waals surface area contributed by atoms with E-state index in [1.807, 2.05) is 0 Å². The number of aliphatic carboxylic acids is 8. The van der Waals surface area contributed by atoms with Crippen LogP contribution in [0.4, 0.5) is 0 Å². The lowest BCUT2D eigenvalue weighted by Gasteiger charge is -2.24. The third kappa shape index (κ3) is 27.8. The molecule has 0 aromatic rings. The normalized spacial score (nSPS) is 15.6. The molecule has 1 saturated carbocycles. The number of carboxylic acids is 8. The van der Waals surface area contributed by atoms with Gasteiger partial charge in [-0.2, -0.15) is 0 Å². The standard InChI is InChI=1S/C8H12O4.3C4H6O4/c9-7(10)5-3-1-2-4-6(5)8(11)12;3*5-3(6)1-2-4(7)8/h5-6H,1-4H2,(H,9,10)(H,11,12);3*1-2H2,(H,5,6)(H,7,8). The fourth-order valence-electron chi connectivity index (χ4n) is 2.36. The lowest BCUT2D eigenvalue weighted by molar-refractivity contribution is -0.155. The summed E-state index contributed by atoms with van der Waals surface area (Å²) in [4.78, 5) is 79.1. The number of rotatable bonds is 11. The Morgan fingerprint density at radius 3 is 0.667 bits per heavy atom. The van der Waals surface area contributed by atoms with Gasteiger partial charge in [-0.3, -0.25) is 38.4 Å². The highest BCUT2D eigenvalue weighted by atomic mass is 16.4. The summed E-state index contributed by atoms with van der Waals surface area (Å²) in [6.07, 6.45) is 0.903. The second kappa shape index (κ2) is 21.3. The Morgan fingerprint density at radius 2 is 0.556 bits per heavy atom. The molecule has 2 atom stereocenters. The summed E-state index contributed by atoms with van der Waals surface area (Å²) in [6.45, 7) is 0. The molecule has 0 aliphatic heterocycles. The third-order valence-electron chi connectivity index (χ3n) is 4.06. The summed E-state index contributed by atoms with van der Waals surface area (Å²) < 4.78 is 0. The molecule has 8 N–H and O–H groups in total. The number of hydrogen-bond donors (Lipinski definition) is 8. The minimum Gasteiger partial charge on any atom is -0.481 e. The molecule has 0 aromatic carbocycles. The van der Waals surface area contributed by atoms with Gasteiger partial charge in [-0.15, -0.1) is 0 Å². The summed E-state index contributed by atoms with van der Waals surface area (Å²) in [6, 6.07) is 0. The van der Waals surface area contributed by atoms with Crippen molar-refractivity contribution in [1.82, 2.24) is 0 Å². The zero-order valence-corrected chi connectivity index (χ0v) is 19.1. The van der Waals surface area contributed by atoms with Crippen LogP contribution in [0.5, 0.6) is 0 Å². The molecule has 1 fully saturated rings. The molecule has 1 aliphatic rings. The fourth-order valence-corrected chi connectivity index (χ4v) is 2.36. The van der Waals surface area contributed by atoms with Crippen LogP contribution in [0.15, 0.2) is 0 Å².